The summed E-state index contributed by atoms with van der Waals surface area (Å²) >= 11 is 0. The Balaban J connectivity index is 1.62. The molecule has 0 aromatic heterocycles. The van der Waals surface area contributed by atoms with Gasteiger partial charge in [0, 0.05) is 26.7 Å². The van der Waals surface area contributed by atoms with Gasteiger partial charge in [0.2, 0.25) is 0 Å². The minimum Gasteiger partial charge on any atom is -0.481 e. The molecule has 2 N–H and O–H groups in total. The molecule has 2 amide bonds. The van der Waals surface area contributed by atoms with Crippen molar-refractivity contribution in [2.24, 2.45) is 0 Å². The highest BCUT2D eigenvalue weighted by atomic mass is 16.4. The van der Waals surface area contributed by atoms with Crippen LogP contribution < -0.4 is 5.32 Å². The summed E-state index contributed by atoms with van der Waals surface area (Å²) in [5.74, 6) is -0.914. The van der Waals surface area contributed by atoms with E-state index in [1.165, 1.54) is 36.4 Å². The Morgan fingerprint density at radius 3 is 2.45 bits per heavy atom. The first-order chi connectivity index (χ1) is 14.0. The number of urea groups is 1. The van der Waals surface area contributed by atoms with Crippen LogP contribution in [0, 0.1) is 0 Å². The zero-order chi connectivity index (χ0) is 20.6. The molecule has 6 nitrogen and oxygen atoms in total. The number of carbonyl (C=O) groups excluding carboxylic acids is 1. The smallest absolute Gasteiger partial charge is 0.317 e. The lowest BCUT2D eigenvalue weighted by Gasteiger charge is -2.18. The summed E-state index contributed by atoms with van der Waals surface area (Å²) in [6, 6.07) is 16.4. The van der Waals surface area contributed by atoms with Gasteiger partial charge in [-0.15, -0.1) is 0 Å². The van der Waals surface area contributed by atoms with Gasteiger partial charge in [-0.25, -0.2) is 4.79 Å². The molecule has 3 rings (SSSR count). The Hall–Kier alpha value is -2.86. The molecule has 2 aromatic rings. The third-order valence-electron chi connectivity index (χ3n) is 5.33. The van der Waals surface area contributed by atoms with Crippen LogP contribution in [-0.4, -0.2) is 53.6 Å². The topological polar surface area (TPSA) is 72.9 Å². The lowest BCUT2D eigenvalue weighted by atomic mass is 9.98. The zero-order valence-corrected chi connectivity index (χ0v) is 16.9. The number of hydrogen-bond acceptors (Lipinski definition) is 3. The van der Waals surface area contributed by atoms with E-state index < -0.39 is 5.97 Å². The number of aliphatic carboxylic acids is 1. The summed E-state index contributed by atoms with van der Waals surface area (Å²) in [4.78, 5) is 26.7. The molecule has 29 heavy (non-hydrogen) atoms. The second-order valence-corrected chi connectivity index (χ2v) is 7.56. The minimum absolute atomic E-state index is 0.0652. The quantitative estimate of drug-likeness (QED) is 0.717. The zero-order valence-electron chi connectivity index (χ0n) is 16.9. The highest BCUT2D eigenvalue weighted by Crippen LogP contribution is 2.25. The lowest BCUT2D eigenvalue weighted by Crippen LogP contribution is -2.38. The SMILES string of the molecule is CN(CCC(=O)O)C(=O)NCc1ccccc1-c1ccc(CN2CCCC2)cc1. The van der Waals surface area contributed by atoms with Crippen LogP contribution in [0.2, 0.25) is 0 Å². The minimum atomic E-state index is -0.914. The van der Waals surface area contributed by atoms with Crippen molar-refractivity contribution in [3.8, 4) is 11.1 Å². The van der Waals surface area contributed by atoms with Crippen molar-refractivity contribution in [3.05, 3.63) is 59.7 Å². The van der Waals surface area contributed by atoms with Crippen molar-refractivity contribution < 1.29 is 14.7 Å². The molecule has 154 valence electrons. The second-order valence-electron chi connectivity index (χ2n) is 7.56. The predicted molar refractivity (Wildman–Crippen MR) is 114 cm³/mol. The van der Waals surface area contributed by atoms with Crippen LogP contribution in [0.15, 0.2) is 48.5 Å². The Morgan fingerprint density at radius 1 is 1.07 bits per heavy atom. The van der Waals surface area contributed by atoms with E-state index in [-0.39, 0.29) is 19.0 Å². The normalized spacial score (nSPS) is 14.0. The van der Waals surface area contributed by atoms with Crippen LogP contribution in [0.1, 0.15) is 30.4 Å². The van der Waals surface area contributed by atoms with E-state index in [1.54, 1.807) is 7.05 Å². The van der Waals surface area contributed by atoms with Gasteiger partial charge < -0.3 is 15.3 Å². The first-order valence-corrected chi connectivity index (χ1v) is 10.1. The van der Waals surface area contributed by atoms with E-state index >= 15 is 0 Å². The maximum atomic E-state index is 12.2. The van der Waals surface area contributed by atoms with Gasteiger partial charge in [-0.05, 0) is 48.2 Å². The van der Waals surface area contributed by atoms with Crippen molar-refractivity contribution in [1.82, 2.24) is 15.1 Å². The van der Waals surface area contributed by atoms with E-state index in [4.69, 9.17) is 5.11 Å². The molecule has 1 heterocycles. The molecule has 1 fully saturated rings. The van der Waals surface area contributed by atoms with Gasteiger partial charge in [0.05, 0.1) is 6.42 Å². The molecule has 1 aliphatic rings. The second kappa shape index (κ2) is 10.1. The Bertz CT molecular complexity index is 830. The molecule has 0 radical (unpaired) electrons. The van der Waals surface area contributed by atoms with E-state index in [0.717, 1.165) is 23.2 Å². The molecule has 1 aliphatic heterocycles. The van der Waals surface area contributed by atoms with Gasteiger partial charge in [0.25, 0.3) is 0 Å². The number of nitrogens with zero attached hydrogens (tertiary/aromatic N) is 2. The molecular formula is C23H29N3O3. The van der Waals surface area contributed by atoms with E-state index in [0.29, 0.717) is 6.54 Å². The Morgan fingerprint density at radius 2 is 1.76 bits per heavy atom. The number of amides is 2. The molecular weight excluding hydrogens is 366 g/mol. The standard InChI is InChI=1S/C23H29N3O3/c1-25(15-12-22(27)28)23(29)24-16-20-6-2-3-7-21(20)19-10-8-18(9-11-19)17-26-13-4-5-14-26/h2-3,6-11H,4-5,12-17H2,1H3,(H,24,29)(H,27,28). The molecule has 0 saturated carbocycles. The summed E-state index contributed by atoms with van der Waals surface area (Å²) in [5.41, 5.74) is 4.56. The first-order valence-electron chi connectivity index (χ1n) is 10.1. The van der Waals surface area contributed by atoms with Crippen molar-refractivity contribution >= 4 is 12.0 Å². The van der Waals surface area contributed by atoms with Crippen molar-refractivity contribution in [2.75, 3.05) is 26.7 Å². The molecule has 0 unspecified atom stereocenters. The van der Waals surface area contributed by atoms with Crippen LogP contribution in [0.25, 0.3) is 11.1 Å². The molecule has 0 bridgehead atoms. The number of benzene rings is 2. The fraction of sp³-hybridized carbons (Fsp3) is 0.391. The van der Waals surface area contributed by atoms with Crippen LogP contribution in [0.3, 0.4) is 0 Å². The Labute approximate surface area is 172 Å². The van der Waals surface area contributed by atoms with E-state index in [1.807, 2.05) is 18.2 Å². The highest BCUT2D eigenvalue weighted by molar-refractivity contribution is 5.75. The van der Waals surface area contributed by atoms with Crippen molar-refractivity contribution in [1.29, 1.82) is 0 Å². The molecule has 6 heteroatoms. The van der Waals surface area contributed by atoms with Crippen LogP contribution >= 0.6 is 0 Å². The van der Waals surface area contributed by atoms with Crippen LogP contribution in [0.4, 0.5) is 4.79 Å². The maximum Gasteiger partial charge on any atom is 0.317 e. The average molecular weight is 396 g/mol. The molecule has 0 aliphatic carbocycles. The monoisotopic (exact) mass is 395 g/mol. The van der Waals surface area contributed by atoms with Crippen molar-refractivity contribution in [3.63, 3.8) is 0 Å². The predicted octanol–water partition coefficient (Wildman–Crippen LogP) is 3.57. The van der Waals surface area contributed by atoms with Crippen LogP contribution in [-0.2, 0) is 17.9 Å². The number of carbonyl (C=O) groups is 2. The van der Waals surface area contributed by atoms with Crippen LogP contribution in [0.5, 0.6) is 0 Å². The number of likely N-dealkylation sites (tertiary alicyclic amines) is 1. The van der Waals surface area contributed by atoms with E-state index in [9.17, 15) is 9.59 Å². The van der Waals surface area contributed by atoms with Gasteiger partial charge in [0.15, 0.2) is 0 Å². The maximum absolute atomic E-state index is 12.2. The molecule has 0 spiro atoms. The molecule has 2 aromatic carbocycles. The fourth-order valence-electron chi connectivity index (χ4n) is 3.62. The molecule has 1 saturated heterocycles. The van der Waals surface area contributed by atoms with Gasteiger partial charge in [-0.3, -0.25) is 9.69 Å². The third-order valence-corrected chi connectivity index (χ3v) is 5.33. The average Bonchev–Trinajstić information content (AvgIpc) is 3.24. The summed E-state index contributed by atoms with van der Waals surface area (Å²) in [7, 11) is 1.60. The number of carboxylic acids is 1. The van der Waals surface area contributed by atoms with E-state index in [2.05, 4.69) is 40.5 Å². The van der Waals surface area contributed by atoms with Crippen molar-refractivity contribution in [2.45, 2.75) is 32.4 Å². The third kappa shape index (κ3) is 6.06. The lowest BCUT2D eigenvalue weighted by molar-refractivity contribution is -0.137. The highest BCUT2D eigenvalue weighted by Gasteiger charge is 2.13. The first kappa shape index (κ1) is 20.9. The van der Waals surface area contributed by atoms with Gasteiger partial charge >= 0.3 is 12.0 Å². The summed E-state index contributed by atoms with van der Waals surface area (Å²) in [6.07, 6.45) is 2.52. The Kier molecular flexibility index (Phi) is 7.25. The van der Waals surface area contributed by atoms with Gasteiger partial charge in [-0.1, -0.05) is 48.5 Å². The summed E-state index contributed by atoms with van der Waals surface area (Å²) < 4.78 is 0. The summed E-state index contributed by atoms with van der Waals surface area (Å²) in [5, 5.41) is 11.6. The number of nitrogens with one attached hydrogen (secondary N) is 1. The fourth-order valence-corrected chi connectivity index (χ4v) is 3.62. The number of hydrogen-bond donors (Lipinski definition) is 2. The number of carboxylic acid groups (broad SMARTS) is 1. The van der Waals surface area contributed by atoms with Gasteiger partial charge in [0.1, 0.15) is 0 Å². The number of rotatable bonds is 8. The largest absolute Gasteiger partial charge is 0.481 e. The summed E-state index contributed by atoms with van der Waals surface area (Å²) in [6.45, 7) is 3.94. The van der Waals surface area contributed by atoms with Gasteiger partial charge in [-0.2, -0.15) is 0 Å². The molecule has 0 atom stereocenters.